The molecule has 0 radical (unpaired) electrons. The molecule has 52 valence electrons. The van der Waals surface area contributed by atoms with Crippen molar-refractivity contribution < 1.29 is 0 Å². The van der Waals surface area contributed by atoms with Crippen molar-refractivity contribution >= 4 is 35.0 Å². The van der Waals surface area contributed by atoms with Crippen LogP contribution < -0.4 is 0 Å². The number of thiazole rings is 1. The highest BCUT2D eigenvalue weighted by molar-refractivity contribution is 7.59. The van der Waals surface area contributed by atoms with Gasteiger partial charge in [0.05, 0.1) is 15.7 Å². The van der Waals surface area contributed by atoms with Gasteiger partial charge in [-0.3, -0.25) is 0 Å². The smallest absolute Gasteiger partial charge is 0.0812 e. The molecule has 0 N–H and O–H groups in total. The molecule has 1 nitrogen and oxygen atoms in total. The topological polar surface area (TPSA) is 12.9 Å². The van der Waals surface area contributed by atoms with Crippen molar-refractivity contribution in [3.63, 3.8) is 0 Å². The van der Waals surface area contributed by atoms with Crippen LogP contribution in [0, 0.1) is 0 Å². The Morgan fingerprint density at radius 2 is 2.00 bits per heavy atom. The normalized spacial score (nSPS) is 9.20. The molecule has 1 heterocycles. The predicted molar refractivity (Wildman–Crippen MR) is 50.0 cm³/mol. The van der Waals surface area contributed by atoms with E-state index < -0.39 is 0 Å². The first kappa shape index (κ1) is 7.57. The molecule has 0 bridgehead atoms. The van der Waals surface area contributed by atoms with Crippen LogP contribution in [0.3, 0.4) is 0 Å². The second-order valence-electron chi connectivity index (χ2n) is 1.82. The van der Waals surface area contributed by atoms with Crippen molar-refractivity contribution in [2.75, 3.05) is 0 Å². The fourth-order valence-corrected chi connectivity index (χ4v) is 1.48. The van der Waals surface area contributed by atoms with E-state index in [9.17, 15) is 0 Å². The molecule has 0 atom stereocenters. The first-order valence-corrected chi connectivity index (χ1v) is 3.63. The fraction of sp³-hybridized carbons (Fsp3) is 0. The van der Waals surface area contributed by atoms with Gasteiger partial charge in [-0.15, -0.1) is 11.3 Å². The van der Waals surface area contributed by atoms with Gasteiger partial charge in [0.25, 0.3) is 0 Å². The Hall–Kier alpha value is -0.540. The Morgan fingerprint density at radius 3 is 2.80 bits per heavy atom. The van der Waals surface area contributed by atoms with E-state index in [1.807, 2.05) is 23.7 Å². The van der Waals surface area contributed by atoms with E-state index in [2.05, 4.69) is 11.1 Å². The van der Waals surface area contributed by atoms with E-state index in [1.54, 1.807) is 11.3 Å². The van der Waals surface area contributed by atoms with Crippen molar-refractivity contribution in [3.05, 3.63) is 29.8 Å². The van der Waals surface area contributed by atoms with E-state index in [0.717, 1.165) is 5.52 Å². The summed E-state index contributed by atoms with van der Waals surface area (Å²) >= 11 is 1.68. The second kappa shape index (κ2) is 3.03. The summed E-state index contributed by atoms with van der Waals surface area (Å²) in [4.78, 5) is 4.14. The Kier molecular flexibility index (Phi) is 2.29. The third-order valence-electron chi connectivity index (χ3n) is 1.24. The second-order valence-corrected chi connectivity index (χ2v) is 2.71. The number of fused-ring (bicyclic) bond motifs is 1. The van der Waals surface area contributed by atoms with Gasteiger partial charge in [0, 0.05) is 0 Å². The fourth-order valence-electron chi connectivity index (χ4n) is 0.803. The molecular weight excluding hydrogens is 162 g/mol. The number of benzene rings is 1. The van der Waals surface area contributed by atoms with Crippen LogP contribution in [0.4, 0.5) is 0 Å². The molecule has 1 aromatic carbocycles. The molecule has 0 aliphatic carbocycles. The average Bonchev–Trinajstić information content (AvgIpc) is 2.33. The van der Waals surface area contributed by atoms with Crippen LogP contribution in [-0.2, 0) is 0 Å². The Labute approximate surface area is 70.2 Å². The summed E-state index contributed by atoms with van der Waals surface area (Å²) in [6.07, 6.45) is 0. The SMILES string of the molecule is S.c1ccc2scnc2c1. The van der Waals surface area contributed by atoms with E-state index >= 15 is 0 Å². The van der Waals surface area contributed by atoms with Crippen LogP contribution in [0.25, 0.3) is 10.2 Å². The number of hydrogen-bond donors (Lipinski definition) is 0. The molecule has 0 aliphatic heterocycles. The molecule has 10 heavy (non-hydrogen) atoms. The zero-order valence-electron chi connectivity index (χ0n) is 5.24. The van der Waals surface area contributed by atoms with Crippen LogP contribution in [0.5, 0.6) is 0 Å². The third kappa shape index (κ3) is 1.15. The molecule has 3 heteroatoms. The third-order valence-corrected chi connectivity index (χ3v) is 2.05. The van der Waals surface area contributed by atoms with Crippen molar-refractivity contribution in [1.82, 2.24) is 4.98 Å². The van der Waals surface area contributed by atoms with Gasteiger partial charge in [-0.25, -0.2) is 4.98 Å². The van der Waals surface area contributed by atoms with Crippen LogP contribution in [0.2, 0.25) is 0 Å². The molecule has 0 saturated carbocycles. The maximum absolute atomic E-state index is 4.14. The number of aromatic nitrogens is 1. The summed E-state index contributed by atoms with van der Waals surface area (Å²) in [5.74, 6) is 0. The van der Waals surface area contributed by atoms with Gasteiger partial charge in [-0.05, 0) is 12.1 Å². The molecule has 2 rings (SSSR count). The maximum Gasteiger partial charge on any atom is 0.0812 e. The molecule has 0 fully saturated rings. The van der Waals surface area contributed by atoms with Crippen molar-refractivity contribution in [3.8, 4) is 0 Å². The molecule has 0 amide bonds. The molecule has 0 spiro atoms. The minimum atomic E-state index is 0. The van der Waals surface area contributed by atoms with Crippen LogP contribution >= 0.6 is 24.8 Å². The Balaban J connectivity index is 0.000000500. The van der Waals surface area contributed by atoms with Gasteiger partial charge in [-0.1, -0.05) is 12.1 Å². The Morgan fingerprint density at radius 1 is 1.20 bits per heavy atom. The van der Waals surface area contributed by atoms with Crippen molar-refractivity contribution in [2.24, 2.45) is 0 Å². The highest BCUT2D eigenvalue weighted by Crippen LogP contribution is 2.15. The first-order valence-electron chi connectivity index (χ1n) is 2.75. The molecule has 0 aliphatic rings. The van der Waals surface area contributed by atoms with E-state index in [1.165, 1.54) is 4.70 Å². The molecular formula is C7H7NS2. The highest BCUT2D eigenvalue weighted by atomic mass is 32.1. The van der Waals surface area contributed by atoms with Gasteiger partial charge in [0.1, 0.15) is 0 Å². The number of hydrogen-bond acceptors (Lipinski definition) is 2. The summed E-state index contributed by atoms with van der Waals surface area (Å²) in [7, 11) is 0. The van der Waals surface area contributed by atoms with Gasteiger partial charge < -0.3 is 0 Å². The zero-order valence-corrected chi connectivity index (χ0v) is 7.06. The average molecular weight is 169 g/mol. The lowest BCUT2D eigenvalue weighted by Gasteiger charge is -1.80. The summed E-state index contributed by atoms with van der Waals surface area (Å²) in [5.41, 5.74) is 2.97. The van der Waals surface area contributed by atoms with E-state index in [-0.39, 0.29) is 13.5 Å². The number of rotatable bonds is 0. The number of para-hydroxylation sites is 1. The van der Waals surface area contributed by atoms with Crippen LogP contribution in [0.1, 0.15) is 0 Å². The standard InChI is InChI=1S/C7H5NS.H2S/c1-2-4-7-6(3-1)8-5-9-7;/h1-5H;1H2. The van der Waals surface area contributed by atoms with Crippen molar-refractivity contribution in [1.29, 1.82) is 0 Å². The summed E-state index contributed by atoms with van der Waals surface area (Å²) in [6.45, 7) is 0. The first-order chi connectivity index (χ1) is 4.47. The van der Waals surface area contributed by atoms with Crippen LogP contribution in [-0.4, -0.2) is 4.98 Å². The Bertz CT molecular complexity index is 286. The quantitative estimate of drug-likeness (QED) is 0.590. The van der Waals surface area contributed by atoms with E-state index in [4.69, 9.17) is 0 Å². The molecule has 2 aromatic rings. The minimum absolute atomic E-state index is 0. The summed E-state index contributed by atoms with van der Waals surface area (Å²) in [5, 5.41) is 0. The monoisotopic (exact) mass is 169 g/mol. The summed E-state index contributed by atoms with van der Waals surface area (Å²) in [6, 6.07) is 8.13. The molecule has 0 unspecified atom stereocenters. The van der Waals surface area contributed by atoms with Gasteiger partial charge in [-0.2, -0.15) is 13.5 Å². The molecule has 0 saturated heterocycles. The summed E-state index contributed by atoms with van der Waals surface area (Å²) < 4.78 is 1.26. The maximum atomic E-state index is 4.14. The minimum Gasteiger partial charge on any atom is -0.245 e. The highest BCUT2D eigenvalue weighted by Gasteiger charge is 1.89. The number of nitrogens with zero attached hydrogens (tertiary/aromatic N) is 1. The lowest BCUT2D eigenvalue weighted by molar-refractivity contribution is 1.50. The van der Waals surface area contributed by atoms with E-state index in [0.29, 0.717) is 0 Å². The lowest BCUT2D eigenvalue weighted by Crippen LogP contribution is -1.61. The molecule has 1 aromatic heterocycles. The van der Waals surface area contributed by atoms with Gasteiger partial charge >= 0.3 is 0 Å². The van der Waals surface area contributed by atoms with Gasteiger partial charge in [0.2, 0.25) is 0 Å². The largest absolute Gasteiger partial charge is 0.245 e. The van der Waals surface area contributed by atoms with Crippen molar-refractivity contribution in [2.45, 2.75) is 0 Å². The zero-order chi connectivity index (χ0) is 6.10. The van der Waals surface area contributed by atoms with Crippen LogP contribution in [0.15, 0.2) is 29.8 Å². The van der Waals surface area contributed by atoms with Gasteiger partial charge in [0.15, 0.2) is 0 Å². The lowest BCUT2D eigenvalue weighted by atomic mass is 10.3. The predicted octanol–water partition coefficient (Wildman–Crippen LogP) is 2.41.